The number of benzene rings is 2. The van der Waals surface area contributed by atoms with Gasteiger partial charge in [-0.3, -0.25) is 14.6 Å². The Hall–Kier alpha value is -3.67. The number of rotatable bonds is 5. The van der Waals surface area contributed by atoms with Crippen LogP contribution in [0.2, 0.25) is 0 Å². The number of amides is 1. The Bertz CT molecular complexity index is 1080. The van der Waals surface area contributed by atoms with Crippen LogP contribution in [0.3, 0.4) is 0 Å². The molecule has 4 aromatic rings. The molecule has 30 heavy (non-hydrogen) atoms. The monoisotopic (exact) mass is 397 g/mol. The van der Waals surface area contributed by atoms with Crippen molar-refractivity contribution in [2.45, 2.75) is 25.4 Å². The molecule has 0 radical (unpaired) electrons. The van der Waals surface area contributed by atoms with Crippen molar-refractivity contribution in [3.63, 3.8) is 0 Å². The molecule has 150 valence electrons. The fourth-order valence-electron chi connectivity index (χ4n) is 4.20. The van der Waals surface area contributed by atoms with Crippen LogP contribution in [0, 0.1) is 0 Å². The molecule has 3 heterocycles. The summed E-state index contributed by atoms with van der Waals surface area (Å²) in [6.45, 7) is 1.52. The highest BCUT2D eigenvalue weighted by molar-refractivity contribution is 5.76. The molecule has 6 nitrogen and oxygen atoms in total. The summed E-state index contributed by atoms with van der Waals surface area (Å²) in [6, 6.07) is 22.7. The van der Waals surface area contributed by atoms with Gasteiger partial charge in [0.1, 0.15) is 6.54 Å². The number of carbonyl (C=O) groups is 1. The van der Waals surface area contributed by atoms with Crippen molar-refractivity contribution in [3.05, 3.63) is 107 Å². The van der Waals surface area contributed by atoms with Crippen molar-refractivity contribution in [3.8, 4) is 0 Å². The quantitative estimate of drug-likeness (QED) is 0.561. The van der Waals surface area contributed by atoms with E-state index in [2.05, 4.69) is 58.7 Å². The summed E-state index contributed by atoms with van der Waals surface area (Å²) >= 11 is 0. The maximum Gasteiger partial charge on any atom is 0.244 e. The Labute approximate surface area is 175 Å². The standard InChI is InChI=1S/C24H23N5O/c30-22(17-29-14-7-13-25-29)28-15-12-21-20(16-28)24(27-26-21)23(18-8-3-1-4-9-18)19-10-5-2-6-11-19/h1-11,13-14,23H,12,15-17H2,(H,26,27). The molecule has 0 atom stereocenters. The second kappa shape index (κ2) is 7.99. The summed E-state index contributed by atoms with van der Waals surface area (Å²) in [5.41, 5.74) is 5.65. The molecule has 1 aliphatic heterocycles. The molecular formula is C24H23N5O. The molecular weight excluding hydrogens is 374 g/mol. The molecule has 0 saturated carbocycles. The number of hydrogen-bond donors (Lipinski definition) is 1. The van der Waals surface area contributed by atoms with Gasteiger partial charge in [0, 0.05) is 43.2 Å². The Morgan fingerprint density at radius 2 is 1.70 bits per heavy atom. The van der Waals surface area contributed by atoms with Gasteiger partial charge in [-0.1, -0.05) is 60.7 Å². The largest absolute Gasteiger partial charge is 0.336 e. The number of nitrogens with zero attached hydrogens (tertiary/aromatic N) is 4. The highest BCUT2D eigenvalue weighted by atomic mass is 16.2. The SMILES string of the molecule is O=C(Cn1cccn1)N1CCc2[nH]nc(C(c3ccccc3)c3ccccc3)c2C1. The summed E-state index contributed by atoms with van der Waals surface area (Å²) in [5, 5.41) is 12.1. The molecule has 1 aliphatic rings. The molecule has 0 fully saturated rings. The molecule has 2 aromatic heterocycles. The van der Waals surface area contributed by atoms with E-state index in [1.807, 2.05) is 29.3 Å². The van der Waals surface area contributed by atoms with Crippen molar-refractivity contribution in [1.29, 1.82) is 0 Å². The van der Waals surface area contributed by atoms with Crippen molar-refractivity contribution in [2.24, 2.45) is 0 Å². The highest BCUT2D eigenvalue weighted by Gasteiger charge is 2.30. The van der Waals surface area contributed by atoms with Gasteiger partial charge in [-0.25, -0.2) is 0 Å². The van der Waals surface area contributed by atoms with Crippen LogP contribution in [0.1, 0.15) is 34.0 Å². The molecule has 1 amide bonds. The first-order valence-electron chi connectivity index (χ1n) is 10.2. The van der Waals surface area contributed by atoms with Crippen LogP contribution in [-0.2, 0) is 24.3 Å². The van der Waals surface area contributed by atoms with E-state index in [1.165, 1.54) is 11.1 Å². The van der Waals surface area contributed by atoms with E-state index in [1.54, 1.807) is 10.9 Å². The van der Waals surface area contributed by atoms with Crippen molar-refractivity contribution >= 4 is 5.91 Å². The van der Waals surface area contributed by atoms with Gasteiger partial charge in [-0.15, -0.1) is 0 Å². The van der Waals surface area contributed by atoms with Crippen molar-refractivity contribution < 1.29 is 4.79 Å². The number of nitrogens with one attached hydrogen (secondary N) is 1. The van der Waals surface area contributed by atoms with Gasteiger partial charge in [-0.2, -0.15) is 10.2 Å². The van der Waals surface area contributed by atoms with E-state index in [0.29, 0.717) is 13.1 Å². The third-order valence-corrected chi connectivity index (χ3v) is 5.71. The zero-order chi connectivity index (χ0) is 20.3. The van der Waals surface area contributed by atoms with Crippen LogP contribution in [0.4, 0.5) is 0 Å². The second-order valence-electron chi connectivity index (χ2n) is 7.59. The third kappa shape index (κ3) is 3.52. The van der Waals surface area contributed by atoms with E-state index in [4.69, 9.17) is 5.10 Å². The first-order chi connectivity index (χ1) is 14.8. The van der Waals surface area contributed by atoms with Gasteiger partial charge in [-0.05, 0) is 17.2 Å². The molecule has 0 saturated heterocycles. The number of aromatic nitrogens is 4. The second-order valence-corrected chi connectivity index (χ2v) is 7.59. The first kappa shape index (κ1) is 18.4. The lowest BCUT2D eigenvalue weighted by Gasteiger charge is -2.28. The number of carbonyl (C=O) groups excluding carboxylic acids is 1. The molecule has 1 N–H and O–H groups in total. The summed E-state index contributed by atoms with van der Waals surface area (Å²) in [6.07, 6.45) is 4.29. The van der Waals surface area contributed by atoms with E-state index in [0.717, 1.165) is 23.4 Å². The van der Waals surface area contributed by atoms with E-state index in [-0.39, 0.29) is 18.4 Å². The van der Waals surface area contributed by atoms with Gasteiger partial charge in [0.05, 0.1) is 11.6 Å². The number of fused-ring (bicyclic) bond motifs is 1. The lowest BCUT2D eigenvalue weighted by molar-refractivity contribution is -0.133. The summed E-state index contributed by atoms with van der Waals surface area (Å²) in [7, 11) is 0. The van der Waals surface area contributed by atoms with Crippen LogP contribution in [-0.4, -0.2) is 37.3 Å². The zero-order valence-electron chi connectivity index (χ0n) is 16.6. The molecule has 5 rings (SSSR count). The van der Waals surface area contributed by atoms with Crippen molar-refractivity contribution in [2.75, 3.05) is 6.54 Å². The Morgan fingerprint density at radius 1 is 1.00 bits per heavy atom. The molecule has 2 aromatic carbocycles. The van der Waals surface area contributed by atoms with Gasteiger partial charge in [0.15, 0.2) is 0 Å². The van der Waals surface area contributed by atoms with Crippen molar-refractivity contribution in [1.82, 2.24) is 24.9 Å². The van der Waals surface area contributed by atoms with Gasteiger partial charge in [0.2, 0.25) is 5.91 Å². The van der Waals surface area contributed by atoms with Gasteiger partial charge in [0.25, 0.3) is 0 Å². The summed E-state index contributed by atoms with van der Waals surface area (Å²) in [4.78, 5) is 14.8. The smallest absolute Gasteiger partial charge is 0.244 e. The Kier molecular flexibility index (Phi) is 4.89. The van der Waals surface area contributed by atoms with Crippen LogP contribution < -0.4 is 0 Å². The fraction of sp³-hybridized carbons (Fsp3) is 0.208. The molecule has 0 spiro atoms. The zero-order valence-corrected chi connectivity index (χ0v) is 16.6. The molecule has 0 aliphatic carbocycles. The average Bonchev–Trinajstić information content (AvgIpc) is 3.45. The van der Waals surface area contributed by atoms with Crippen LogP contribution >= 0.6 is 0 Å². The van der Waals surface area contributed by atoms with Crippen LogP contribution in [0.25, 0.3) is 0 Å². The fourth-order valence-corrected chi connectivity index (χ4v) is 4.20. The Balaban J connectivity index is 1.48. The highest BCUT2D eigenvalue weighted by Crippen LogP contribution is 2.35. The van der Waals surface area contributed by atoms with E-state index < -0.39 is 0 Å². The minimum Gasteiger partial charge on any atom is -0.336 e. The maximum atomic E-state index is 12.9. The van der Waals surface area contributed by atoms with Gasteiger partial charge < -0.3 is 4.90 Å². The maximum absolute atomic E-state index is 12.9. The third-order valence-electron chi connectivity index (χ3n) is 5.71. The average molecular weight is 397 g/mol. The number of aromatic amines is 1. The normalized spacial score (nSPS) is 13.4. The molecule has 0 unspecified atom stereocenters. The molecule has 6 heteroatoms. The van der Waals surface area contributed by atoms with Crippen LogP contribution in [0.15, 0.2) is 79.1 Å². The summed E-state index contributed by atoms with van der Waals surface area (Å²) in [5.74, 6) is 0.0982. The number of hydrogen-bond acceptors (Lipinski definition) is 3. The number of H-pyrrole nitrogens is 1. The summed E-state index contributed by atoms with van der Waals surface area (Å²) < 4.78 is 1.67. The topological polar surface area (TPSA) is 66.8 Å². The molecule has 0 bridgehead atoms. The first-order valence-corrected chi connectivity index (χ1v) is 10.2. The van der Waals surface area contributed by atoms with E-state index in [9.17, 15) is 4.79 Å². The predicted molar refractivity (Wildman–Crippen MR) is 114 cm³/mol. The minimum absolute atomic E-state index is 0.0218. The lowest BCUT2D eigenvalue weighted by atomic mass is 9.85. The predicted octanol–water partition coefficient (Wildman–Crippen LogP) is 3.37. The lowest BCUT2D eigenvalue weighted by Crippen LogP contribution is -2.38. The minimum atomic E-state index is 0.0218. The van der Waals surface area contributed by atoms with Crippen LogP contribution in [0.5, 0.6) is 0 Å². The van der Waals surface area contributed by atoms with E-state index >= 15 is 0 Å². The van der Waals surface area contributed by atoms with Gasteiger partial charge >= 0.3 is 0 Å². The Morgan fingerprint density at radius 3 is 2.33 bits per heavy atom.